The lowest BCUT2D eigenvalue weighted by molar-refractivity contribution is -0.107. The van der Waals surface area contributed by atoms with Crippen LogP contribution in [0.4, 0.5) is 0 Å². The van der Waals surface area contributed by atoms with E-state index in [1.165, 1.54) is 0 Å². The average Bonchev–Trinajstić information content (AvgIpc) is 1.89. The number of rotatable bonds is 5. The molecule has 0 fully saturated rings. The SMILES string of the molecule is O=CCCCC=CCO. The summed E-state index contributed by atoms with van der Waals surface area (Å²) in [5.74, 6) is 0. The summed E-state index contributed by atoms with van der Waals surface area (Å²) in [7, 11) is 0. The number of hydrogen-bond donors (Lipinski definition) is 1. The van der Waals surface area contributed by atoms with Gasteiger partial charge in [0.05, 0.1) is 6.61 Å². The van der Waals surface area contributed by atoms with Crippen molar-refractivity contribution in [3.63, 3.8) is 0 Å². The predicted octanol–water partition coefficient (Wildman–Crippen LogP) is 0.904. The Bertz CT molecular complexity index is 86.9. The molecule has 9 heavy (non-hydrogen) atoms. The van der Waals surface area contributed by atoms with Gasteiger partial charge >= 0.3 is 0 Å². The van der Waals surface area contributed by atoms with Crippen LogP contribution in [0.1, 0.15) is 19.3 Å². The van der Waals surface area contributed by atoms with Crippen LogP contribution in [0, 0.1) is 0 Å². The number of hydrogen-bond acceptors (Lipinski definition) is 2. The Morgan fingerprint density at radius 1 is 1.22 bits per heavy atom. The average molecular weight is 128 g/mol. The van der Waals surface area contributed by atoms with Gasteiger partial charge < -0.3 is 9.90 Å². The lowest BCUT2D eigenvalue weighted by Crippen LogP contribution is -1.75. The number of aldehydes is 1. The summed E-state index contributed by atoms with van der Waals surface area (Å²) in [6, 6.07) is 0. The van der Waals surface area contributed by atoms with E-state index in [0.717, 1.165) is 19.1 Å². The van der Waals surface area contributed by atoms with Gasteiger partial charge in [-0.3, -0.25) is 0 Å². The van der Waals surface area contributed by atoms with Crippen LogP contribution >= 0.6 is 0 Å². The van der Waals surface area contributed by atoms with Crippen molar-refractivity contribution < 1.29 is 9.90 Å². The molecule has 0 rings (SSSR count). The molecule has 0 heterocycles. The van der Waals surface area contributed by atoms with Gasteiger partial charge in [0.15, 0.2) is 0 Å². The van der Waals surface area contributed by atoms with Crippen molar-refractivity contribution >= 4 is 6.29 Å². The van der Waals surface area contributed by atoms with Crippen LogP contribution in [0.2, 0.25) is 0 Å². The van der Waals surface area contributed by atoms with E-state index in [4.69, 9.17) is 5.11 Å². The van der Waals surface area contributed by atoms with E-state index >= 15 is 0 Å². The van der Waals surface area contributed by atoms with Crippen LogP contribution in [0.15, 0.2) is 12.2 Å². The van der Waals surface area contributed by atoms with Gasteiger partial charge in [-0.25, -0.2) is 0 Å². The Labute approximate surface area is 55.2 Å². The zero-order valence-corrected chi connectivity index (χ0v) is 5.42. The van der Waals surface area contributed by atoms with Crippen molar-refractivity contribution in [2.75, 3.05) is 6.61 Å². The second kappa shape index (κ2) is 7.37. The molecule has 0 aromatic carbocycles. The minimum absolute atomic E-state index is 0.0983. The second-order valence-electron chi connectivity index (χ2n) is 1.75. The molecule has 0 aromatic heterocycles. The van der Waals surface area contributed by atoms with E-state index in [9.17, 15) is 4.79 Å². The number of unbranched alkanes of at least 4 members (excludes halogenated alkanes) is 2. The summed E-state index contributed by atoms with van der Waals surface area (Å²) >= 11 is 0. The molecule has 0 atom stereocenters. The molecule has 0 amide bonds. The van der Waals surface area contributed by atoms with Gasteiger partial charge in [0, 0.05) is 6.42 Å². The number of carbonyl (C=O) groups excluding carboxylic acids is 1. The molecule has 0 spiro atoms. The van der Waals surface area contributed by atoms with Gasteiger partial charge in [0.1, 0.15) is 6.29 Å². The molecule has 0 unspecified atom stereocenters. The summed E-state index contributed by atoms with van der Waals surface area (Å²) in [6.45, 7) is 0.0983. The Morgan fingerprint density at radius 3 is 2.56 bits per heavy atom. The van der Waals surface area contributed by atoms with Crippen molar-refractivity contribution in [3.8, 4) is 0 Å². The maximum Gasteiger partial charge on any atom is 0.120 e. The molecular formula is C7H12O2. The first-order valence-corrected chi connectivity index (χ1v) is 3.11. The van der Waals surface area contributed by atoms with Crippen molar-refractivity contribution in [2.24, 2.45) is 0 Å². The second-order valence-corrected chi connectivity index (χ2v) is 1.75. The van der Waals surface area contributed by atoms with E-state index in [-0.39, 0.29) is 6.61 Å². The van der Waals surface area contributed by atoms with Crippen LogP contribution in [0.5, 0.6) is 0 Å². The summed E-state index contributed by atoms with van der Waals surface area (Å²) in [5.41, 5.74) is 0. The molecule has 2 nitrogen and oxygen atoms in total. The Hall–Kier alpha value is -0.630. The van der Waals surface area contributed by atoms with Gasteiger partial charge in [-0.15, -0.1) is 0 Å². The van der Waals surface area contributed by atoms with E-state index in [1.54, 1.807) is 6.08 Å². The highest BCUT2D eigenvalue weighted by Crippen LogP contribution is 1.92. The molecule has 0 aliphatic heterocycles. The van der Waals surface area contributed by atoms with Crippen LogP contribution in [-0.4, -0.2) is 18.0 Å². The lowest BCUT2D eigenvalue weighted by atomic mass is 10.2. The third-order valence-corrected chi connectivity index (χ3v) is 0.965. The van der Waals surface area contributed by atoms with Crippen molar-refractivity contribution in [3.05, 3.63) is 12.2 Å². The van der Waals surface area contributed by atoms with Crippen LogP contribution in [0.3, 0.4) is 0 Å². The molecule has 0 aliphatic rings. The summed E-state index contributed by atoms with van der Waals surface area (Å²) in [6.07, 6.45) is 6.87. The topological polar surface area (TPSA) is 37.3 Å². The van der Waals surface area contributed by atoms with E-state index < -0.39 is 0 Å². The predicted molar refractivity (Wildman–Crippen MR) is 36.1 cm³/mol. The van der Waals surface area contributed by atoms with Gasteiger partial charge in [-0.2, -0.15) is 0 Å². The highest BCUT2D eigenvalue weighted by molar-refractivity contribution is 5.48. The Morgan fingerprint density at radius 2 is 2.00 bits per heavy atom. The first-order valence-electron chi connectivity index (χ1n) is 3.11. The summed E-state index contributed by atoms with van der Waals surface area (Å²) in [4.78, 5) is 9.76. The molecule has 0 saturated heterocycles. The third-order valence-electron chi connectivity index (χ3n) is 0.965. The number of allylic oxidation sites excluding steroid dienone is 1. The fourth-order valence-electron chi connectivity index (χ4n) is 0.511. The van der Waals surface area contributed by atoms with Gasteiger partial charge in [-0.05, 0) is 12.8 Å². The van der Waals surface area contributed by atoms with Crippen LogP contribution < -0.4 is 0 Å². The van der Waals surface area contributed by atoms with E-state index in [1.807, 2.05) is 6.08 Å². The maximum absolute atomic E-state index is 9.76. The molecule has 0 aromatic rings. The van der Waals surface area contributed by atoms with Gasteiger partial charge in [0.25, 0.3) is 0 Å². The highest BCUT2D eigenvalue weighted by Gasteiger charge is 1.79. The molecular weight excluding hydrogens is 116 g/mol. The highest BCUT2D eigenvalue weighted by atomic mass is 16.2. The quantitative estimate of drug-likeness (QED) is 0.339. The number of aliphatic hydroxyl groups excluding tert-OH is 1. The molecule has 0 radical (unpaired) electrons. The smallest absolute Gasteiger partial charge is 0.120 e. The first-order chi connectivity index (χ1) is 4.41. The maximum atomic E-state index is 9.76. The number of aliphatic hydroxyl groups is 1. The largest absolute Gasteiger partial charge is 0.392 e. The molecule has 2 heteroatoms. The molecule has 0 aliphatic carbocycles. The fraction of sp³-hybridized carbons (Fsp3) is 0.571. The minimum atomic E-state index is 0.0983. The lowest BCUT2D eigenvalue weighted by Gasteiger charge is -1.84. The van der Waals surface area contributed by atoms with Crippen LogP contribution in [0.25, 0.3) is 0 Å². The molecule has 52 valence electrons. The van der Waals surface area contributed by atoms with Crippen LogP contribution in [-0.2, 0) is 4.79 Å². The van der Waals surface area contributed by atoms with Gasteiger partial charge in [0.2, 0.25) is 0 Å². The minimum Gasteiger partial charge on any atom is -0.392 e. The number of carbonyl (C=O) groups is 1. The van der Waals surface area contributed by atoms with Gasteiger partial charge in [-0.1, -0.05) is 12.2 Å². The normalized spacial score (nSPS) is 10.3. The van der Waals surface area contributed by atoms with E-state index in [2.05, 4.69) is 0 Å². The molecule has 0 bridgehead atoms. The van der Waals surface area contributed by atoms with Crippen molar-refractivity contribution in [2.45, 2.75) is 19.3 Å². The molecule has 1 N–H and O–H groups in total. The zero-order chi connectivity index (χ0) is 6.95. The summed E-state index contributed by atoms with van der Waals surface area (Å²) in [5, 5.41) is 8.27. The molecule has 0 saturated carbocycles. The van der Waals surface area contributed by atoms with E-state index in [0.29, 0.717) is 6.42 Å². The van der Waals surface area contributed by atoms with Crippen molar-refractivity contribution in [1.29, 1.82) is 0 Å². The first kappa shape index (κ1) is 8.37. The fourth-order valence-corrected chi connectivity index (χ4v) is 0.511. The monoisotopic (exact) mass is 128 g/mol. The Balaban J connectivity index is 2.90. The standard InChI is InChI=1S/C7H12O2/c8-6-4-2-1-3-5-7-9/h2,4,7-8H,1,3,5-6H2. The van der Waals surface area contributed by atoms with Crippen molar-refractivity contribution in [1.82, 2.24) is 0 Å². The third kappa shape index (κ3) is 7.37. The zero-order valence-electron chi connectivity index (χ0n) is 5.42. The Kier molecular flexibility index (Phi) is 6.85. The summed E-state index contributed by atoms with van der Waals surface area (Å²) < 4.78 is 0.